The van der Waals surface area contributed by atoms with Crippen LogP contribution < -0.4 is 5.32 Å². The maximum atomic E-state index is 13.7. The van der Waals surface area contributed by atoms with Gasteiger partial charge in [-0.15, -0.1) is 0 Å². The maximum Gasteiger partial charge on any atom is 0.257 e. The number of anilines is 1. The summed E-state index contributed by atoms with van der Waals surface area (Å²) in [5.74, 6) is 0.401. The van der Waals surface area contributed by atoms with E-state index >= 15 is 0 Å². The summed E-state index contributed by atoms with van der Waals surface area (Å²) >= 11 is 3.44. The lowest BCUT2D eigenvalue weighted by molar-refractivity contribution is -0.110. The van der Waals surface area contributed by atoms with E-state index in [1.165, 1.54) is 0 Å². The van der Waals surface area contributed by atoms with Crippen LogP contribution in [0.15, 0.2) is 16.7 Å². The Hall–Kier alpha value is -2.49. The summed E-state index contributed by atoms with van der Waals surface area (Å²) in [7, 11) is 0. The molecular weight excluding hydrogens is 498 g/mol. The van der Waals surface area contributed by atoms with Crippen LogP contribution in [0.1, 0.15) is 53.1 Å². The predicted molar refractivity (Wildman–Crippen MR) is 137 cm³/mol. The van der Waals surface area contributed by atoms with Crippen molar-refractivity contribution in [3.8, 4) is 0 Å². The van der Waals surface area contributed by atoms with Crippen LogP contribution in [0.5, 0.6) is 0 Å². The largest absolute Gasteiger partial charge is 0.379 e. The van der Waals surface area contributed by atoms with Crippen LogP contribution in [-0.4, -0.2) is 77.5 Å². The zero-order valence-electron chi connectivity index (χ0n) is 20.0. The molecular formula is C25H32BrN5O3. The van der Waals surface area contributed by atoms with E-state index in [9.17, 15) is 9.59 Å². The number of fused-ring (bicyclic) bond motifs is 1. The number of pyridine rings is 1. The second-order valence-corrected chi connectivity index (χ2v) is 9.59. The number of morpholine rings is 1. The number of halogens is 1. The number of nitrogens with zero attached hydrogens (tertiary/aromatic N) is 3. The average Bonchev–Trinajstić information content (AvgIpc) is 3.32. The molecule has 1 fully saturated rings. The highest BCUT2D eigenvalue weighted by molar-refractivity contribution is 9.10. The highest BCUT2D eigenvalue weighted by Crippen LogP contribution is 2.34. The Kier molecular flexibility index (Phi) is 7.85. The van der Waals surface area contributed by atoms with Gasteiger partial charge in [-0.05, 0) is 53.4 Å². The van der Waals surface area contributed by atoms with Crippen LogP contribution >= 0.6 is 15.9 Å². The molecule has 0 aromatic carbocycles. The van der Waals surface area contributed by atoms with Crippen molar-refractivity contribution in [2.45, 2.75) is 33.6 Å². The second kappa shape index (κ2) is 10.8. The Labute approximate surface area is 208 Å². The minimum Gasteiger partial charge on any atom is -0.379 e. The molecule has 1 saturated heterocycles. The first-order valence-electron chi connectivity index (χ1n) is 11.9. The molecule has 4 rings (SSSR count). The molecule has 0 atom stereocenters. The molecule has 0 spiro atoms. The van der Waals surface area contributed by atoms with Gasteiger partial charge in [-0.1, -0.05) is 13.8 Å². The lowest BCUT2D eigenvalue weighted by atomic mass is 10.0. The summed E-state index contributed by atoms with van der Waals surface area (Å²) in [4.78, 5) is 38.4. The molecule has 2 aliphatic rings. The third-order valence-electron chi connectivity index (χ3n) is 6.41. The fraction of sp³-hybridized carbons (Fsp3) is 0.480. The molecule has 4 heterocycles. The zero-order valence-corrected chi connectivity index (χ0v) is 21.6. The monoisotopic (exact) mass is 529 g/mol. The number of carbonyl (C=O) groups excluding carboxylic acids is 2. The molecule has 0 aliphatic carbocycles. The van der Waals surface area contributed by atoms with E-state index in [0.29, 0.717) is 30.9 Å². The summed E-state index contributed by atoms with van der Waals surface area (Å²) in [5, 5.41) is 2.81. The van der Waals surface area contributed by atoms with E-state index in [0.717, 1.165) is 71.8 Å². The average molecular weight is 530 g/mol. The van der Waals surface area contributed by atoms with Crippen molar-refractivity contribution < 1.29 is 14.3 Å². The number of amides is 2. The number of aryl methyl sites for hydroxylation is 1. The van der Waals surface area contributed by atoms with E-state index < -0.39 is 0 Å². The Morgan fingerprint density at radius 3 is 2.76 bits per heavy atom. The van der Waals surface area contributed by atoms with Gasteiger partial charge in [0.1, 0.15) is 5.82 Å². The van der Waals surface area contributed by atoms with Crippen molar-refractivity contribution in [3.05, 3.63) is 44.8 Å². The van der Waals surface area contributed by atoms with Crippen LogP contribution in [0.3, 0.4) is 0 Å². The van der Waals surface area contributed by atoms with Crippen LogP contribution in [0.2, 0.25) is 0 Å². The quantitative estimate of drug-likeness (QED) is 0.508. The molecule has 2 aromatic rings. The fourth-order valence-corrected chi connectivity index (χ4v) is 4.87. The lowest BCUT2D eigenvalue weighted by Crippen LogP contribution is -2.43. The van der Waals surface area contributed by atoms with Crippen LogP contribution in [0.25, 0.3) is 11.6 Å². The van der Waals surface area contributed by atoms with Crippen LogP contribution in [0.4, 0.5) is 5.82 Å². The van der Waals surface area contributed by atoms with Crippen molar-refractivity contribution in [3.63, 3.8) is 0 Å². The summed E-state index contributed by atoms with van der Waals surface area (Å²) in [6.07, 6.45) is 5.09. The van der Waals surface area contributed by atoms with Crippen molar-refractivity contribution >= 4 is 45.2 Å². The highest BCUT2D eigenvalue weighted by Gasteiger charge is 2.28. The number of rotatable bonds is 8. The van der Waals surface area contributed by atoms with Crippen LogP contribution in [-0.2, 0) is 16.0 Å². The first-order chi connectivity index (χ1) is 16.4. The first-order valence-corrected chi connectivity index (χ1v) is 12.7. The first kappa shape index (κ1) is 24.6. The van der Waals surface area contributed by atoms with Gasteiger partial charge in [0.2, 0.25) is 0 Å². The molecule has 0 radical (unpaired) electrons. The number of hydrogen-bond acceptors (Lipinski definition) is 5. The van der Waals surface area contributed by atoms with E-state index in [2.05, 4.69) is 43.0 Å². The Morgan fingerprint density at radius 2 is 2.06 bits per heavy atom. The zero-order chi connectivity index (χ0) is 24.2. The van der Waals surface area contributed by atoms with Crippen molar-refractivity contribution in [1.82, 2.24) is 19.8 Å². The van der Waals surface area contributed by atoms with Crippen molar-refractivity contribution in [2.24, 2.45) is 0 Å². The molecule has 2 N–H and O–H groups in total. The Balaban J connectivity index is 1.62. The molecule has 2 amide bonds. The van der Waals surface area contributed by atoms with Gasteiger partial charge in [0.15, 0.2) is 0 Å². The van der Waals surface area contributed by atoms with E-state index in [-0.39, 0.29) is 11.8 Å². The molecule has 0 unspecified atom stereocenters. The maximum absolute atomic E-state index is 13.7. The minimum atomic E-state index is -0.196. The number of aromatic nitrogens is 2. The van der Waals surface area contributed by atoms with Gasteiger partial charge >= 0.3 is 0 Å². The molecule has 34 heavy (non-hydrogen) atoms. The topological polar surface area (TPSA) is 90.6 Å². The Morgan fingerprint density at radius 1 is 1.29 bits per heavy atom. The third kappa shape index (κ3) is 5.11. The molecule has 2 aliphatic heterocycles. The molecule has 0 bridgehead atoms. The molecule has 0 saturated carbocycles. The number of nitrogens with one attached hydrogen (secondary N) is 2. The smallest absolute Gasteiger partial charge is 0.257 e. The van der Waals surface area contributed by atoms with Gasteiger partial charge in [0, 0.05) is 60.3 Å². The standard InChI is InChI=1S/C25H32BrN5O3/c1-4-6-31(8-7-30-9-11-34-12-10-30)25(33)22-16(3)21(28-20(22)5-2)14-19-18-13-17(26)15-27-23(18)29-24(19)32/h13-15,28H,4-12H2,1-3H3,(H,27,29,32)/b19-14-. The molecule has 2 aromatic heterocycles. The minimum absolute atomic E-state index is 0.0473. The second-order valence-electron chi connectivity index (χ2n) is 8.68. The number of carbonyl (C=O) groups is 2. The molecule has 182 valence electrons. The van der Waals surface area contributed by atoms with Gasteiger partial charge in [-0.25, -0.2) is 4.98 Å². The summed E-state index contributed by atoms with van der Waals surface area (Å²) < 4.78 is 6.25. The third-order valence-corrected chi connectivity index (χ3v) is 6.85. The van der Waals surface area contributed by atoms with Crippen molar-refractivity contribution in [2.75, 3.05) is 51.3 Å². The van der Waals surface area contributed by atoms with E-state index in [1.54, 1.807) is 6.20 Å². The van der Waals surface area contributed by atoms with Gasteiger partial charge in [0.25, 0.3) is 11.8 Å². The molecule has 9 heteroatoms. The predicted octanol–water partition coefficient (Wildman–Crippen LogP) is 3.72. The fourth-order valence-electron chi connectivity index (χ4n) is 4.54. The Bertz CT molecular complexity index is 1100. The SMILES string of the molecule is CCCN(CCN1CCOCC1)C(=O)c1c(CC)[nH]c(/C=C2\C(=O)Nc3ncc(Br)cc32)c1C. The van der Waals surface area contributed by atoms with E-state index in [1.807, 2.05) is 30.9 Å². The summed E-state index contributed by atoms with van der Waals surface area (Å²) in [5.41, 5.74) is 4.54. The van der Waals surface area contributed by atoms with Gasteiger partial charge < -0.3 is 19.9 Å². The number of H-pyrrole nitrogens is 1. The summed E-state index contributed by atoms with van der Waals surface area (Å²) in [6, 6.07) is 1.88. The van der Waals surface area contributed by atoms with Gasteiger partial charge in [-0.3, -0.25) is 14.5 Å². The number of ether oxygens (including phenoxy) is 1. The van der Waals surface area contributed by atoms with Crippen LogP contribution in [0, 0.1) is 6.92 Å². The van der Waals surface area contributed by atoms with E-state index in [4.69, 9.17) is 4.74 Å². The lowest BCUT2D eigenvalue weighted by Gasteiger charge is -2.30. The number of hydrogen-bond donors (Lipinski definition) is 2. The van der Waals surface area contributed by atoms with Crippen molar-refractivity contribution in [1.29, 1.82) is 0 Å². The van der Waals surface area contributed by atoms with Gasteiger partial charge in [0.05, 0.1) is 24.4 Å². The highest BCUT2D eigenvalue weighted by atomic mass is 79.9. The normalized spacial score (nSPS) is 17.2. The summed E-state index contributed by atoms with van der Waals surface area (Å²) in [6.45, 7) is 11.6. The van der Waals surface area contributed by atoms with Gasteiger partial charge in [-0.2, -0.15) is 0 Å². The molecule has 8 nitrogen and oxygen atoms in total. The number of aromatic amines is 1.